The van der Waals surface area contributed by atoms with Crippen LogP contribution in [0.25, 0.3) is 0 Å². The minimum atomic E-state index is -4.31. The van der Waals surface area contributed by atoms with Crippen molar-refractivity contribution in [2.45, 2.75) is 64.1 Å². The van der Waals surface area contributed by atoms with Gasteiger partial charge in [0.25, 0.3) is 10.0 Å². The van der Waals surface area contributed by atoms with Crippen LogP contribution < -0.4 is 9.62 Å². The molecular formula is C30H33Cl4N3O4S. The summed E-state index contributed by atoms with van der Waals surface area (Å²) in [6.07, 6.45) is 0.251. The number of benzene rings is 3. The van der Waals surface area contributed by atoms with Crippen LogP contribution in [0.5, 0.6) is 0 Å². The Labute approximate surface area is 267 Å². The van der Waals surface area contributed by atoms with Gasteiger partial charge in [-0.3, -0.25) is 13.9 Å². The van der Waals surface area contributed by atoms with E-state index in [1.165, 1.54) is 35.2 Å². The van der Waals surface area contributed by atoms with Crippen molar-refractivity contribution < 1.29 is 18.0 Å². The number of amides is 2. The molecule has 0 spiro atoms. The van der Waals surface area contributed by atoms with Crippen LogP contribution in [0.2, 0.25) is 20.1 Å². The van der Waals surface area contributed by atoms with E-state index in [9.17, 15) is 18.0 Å². The van der Waals surface area contributed by atoms with E-state index in [1.54, 1.807) is 37.3 Å². The summed E-state index contributed by atoms with van der Waals surface area (Å²) < 4.78 is 28.9. The third-order valence-corrected chi connectivity index (χ3v) is 9.50. The molecule has 0 aromatic heterocycles. The third-order valence-electron chi connectivity index (χ3n) is 6.33. The number of anilines is 1. The van der Waals surface area contributed by atoms with Crippen molar-refractivity contribution in [1.29, 1.82) is 0 Å². The molecule has 12 heteroatoms. The van der Waals surface area contributed by atoms with E-state index >= 15 is 0 Å². The molecule has 0 radical (unpaired) electrons. The average Bonchev–Trinajstić information content (AvgIpc) is 2.89. The molecule has 0 bridgehead atoms. The van der Waals surface area contributed by atoms with Crippen LogP contribution >= 0.6 is 46.4 Å². The Morgan fingerprint density at radius 3 is 2.14 bits per heavy atom. The highest BCUT2D eigenvalue weighted by molar-refractivity contribution is 7.92. The van der Waals surface area contributed by atoms with Crippen LogP contribution in [0.1, 0.15) is 45.2 Å². The van der Waals surface area contributed by atoms with Crippen LogP contribution in [0.3, 0.4) is 0 Å². The fourth-order valence-electron chi connectivity index (χ4n) is 4.24. The van der Waals surface area contributed by atoms with Gasteiger partial charge in [-0.25, -0.2) is 8.42 Å². The lowest BCUT2D eigenvalue weighted by atomic mass is 10.1. The summed E-state index contributed by atoms with van der Waals surface area (Å²) in [6.45, 7) is 8.35. The maximum absolute atomic E-state index is 14.2. The van der Waals surface area contributed by atoms with Gasteiger partial charge >= 0.3 is 0 Å². The normalized spacial score (nSPS) is 12.5. The molecule has 1 atom stereocenters. The molecule has 0 aliphatic heterocycles. The predicted octanol–water partition coefficient (Wildman–Crippen LogP) is 7.53. The molecule has 3 aromatic rings. The second kappa shape index (κ2) is 13.9. The molecule has 226 valence electrons. The Kier molecular flexibility index (Phi) is 11.2. The number of rotatable bonds is 10. The first-order valence-corrected chi connectivity index (χ1v) is 16.1. The summed E-state index contributed by atoms with van der Waals surface area (Å²) in [7, 11) is -4.31. The molecule has 3 aromatic carbocycles. The minimum absolute atomic E-state index is 0.0229. The molecule has 0 aliphatic rings. The summed E-state index contributed by atoms with van der Waals surface area (Å²) in [5.74, 6) is -1.04. The van der Waals surface area contributed by atoms with Crippen LogP contribution in [-0.4, -0.2) is 43.3 Å². The van der Waals surface area contributed by atoms with Gasteiger partial charge in [0.2, 0.25) is 11.8 Å². The van der Waals surface area contributed by atoms with Crippen LogP contribution in [0.4, 0.5) is 5.69 Å². The highest BCUT2D eigenvalue weighted by Crippen LogP contribution is 2.36. The van der Waals surface area contributed by atoms with E-state index in [1.807, 2.05) is 27.7 Å². The van der Waals surface area contributed by atoms with Gasteiger partial charge in [-0.1, -0.05) is 83.2 Å². The molecule has 0 fully saturated rings. The number of carbonyl (C=O) groups is 2. The monoisotopic (exact) mass is 671 g/mol. The van der Waals surface area contributed by atoms with Crippen molar-refractivity contribution in [3.63, 3.8) is 0 Å². The SMILES string of the molecule is CCC(C(=O)NC(C)(C)C)N(Cc1ccc(Cl)cc1Cl)C(=O)CN(c1cccc(Cl)c1Cl)S(=O)(=O)c1ccc(C)cc1. The average molecular weight is 673 g/mol. The smallest absolute Gasteiger partial charge is 0.264 e. The zero-order valence-electron chi connectivity index (χ0n) is 23.9. The number of sulfonamides is 1. The van der Waals surface area contributed by atoms with Crippen LogP contribution in [-0.2, 0) is 26.2 Å². The van der Waals surface area contributed by atoms with E-state index in [2.05, 4.69) is 5.32 Å². The number of aryl methyl sites for hydroxylation is 1. The van der Waals surface area contributed by atoms with Crippen LogP contribution in [0, 0.1) is 6.92 Å². The van der Waals surface area contributed by atoms with Crippen molar-refractivity contribution in [2.75, 3.05) is 10.8 Å². The molecule has 1 unspecified atom stereocenters. The van der Waals surface area contributed by atoms with Gasteiger partial charge in [-0.2, -0.15) is 0 Å². The van der Waals surface area contributed by atoms with E-state index in [0.717, 1.165) is 9.87 Å². The van der Waals surface area contributed by atoms with Gasteiger partial charge in [0, 0.05) is 22.1 Å². The van der Waals surface area contributed by atoms with E-state index < -0.39 is 40.0 Å². The van der Waals surface area contributed by atoms with Crippen molar-refractivity contribution in [1.82, 2.24) is 10.2 Å². The third kappa shape index (κ3) is 8.32. The first-order chi connectivity index (χ1) is 19.5. The topological polar surface area (TPSA) is 86.8 Å². The summed E-state index contributed by atoms with van der Waals surface area (Å²) in [6, 6.07) is 14.6. The van der Waals surface area contributed by atoms with Gasteiger partial charge in [0.05, 0.1) is 20.6 Å². The lowest BCUT2D eigenvalue weighted by Gasteiger charge is -2.35. The summed E-state index contributed by atoms with van der Waals surface area (Å²) in [5.41, 5.74) is 0.839. The number of nitrogens with zero attached hydrogens (tertiary/aromatic N) is 2. The molecule has 7 nitrogen and oxygen atoms in total. The highest BCUT2D eigenvalue weighted by Gasteiger charge is 2.35. The van der Waals surface area contributed by atoms with Gasteiger partial charge in [0.15, 0.2) is 0 Å². The molecule has 1 N–H and O–H groups in total. The number of carbonyl (C=O) groups excluding carboxylic acids is 2. The Morgan fingerprint density at radius 1 is 0.929 bits per heavy atom. The van der Waals surface area contributed by atoms with Crippen LogP contribution in [0.15, 0.2) is 65.6 Å². The number of nitrogens with one attached hydrogen (secondary N) is 1. The molecule has 0 aliphatic carbocycles. The lowest BCUT2D eigenvalue weighted by molar-refractivity contribution is -0.141. The molecule has 0 heterocycles. The summed E-state index contributed by atoms with van der Waals surface area (Å²) >= 11 is 25.3. The fourth-order valence-corrected chi connectivity index (χ4v) is 6.58. The van der Waals surface area contributed by atoms with Gasteiger partial charge in [-0.15, -0.1) is 0 Å². The van der Waals surface area contributed by atoms with E-state index in [0.29, 0.717) is 15.6 Å². The molecular weight excluding hydrogens is 640 g/mol. The van der Waals surface area contributed by atoms with Gasteiger partial charge in [0.1, 0.15) is 12.6 Å². The maximum Gasteiger partial charge on any atom is 0.264 e. The molecule has 3 rings (SSSR count). The second-order valence-electron chi connectivity index (χ2n) is 10.8. The van der Waals surface area contributed by atoms with Gasteiger partial charge < -0.3 is 10.2 Å². The first-order valence-electron chi connectivity index (χ1n) is 13.1. The van der Waals surface area contributed by atoms with Crippen molar-refractivity contribution in [3.8, 4) is 0 Å². The quantitative estimate of drug-likeness (QED) is 0.241. The largest absolute Gasteiger partial charge is 0.350 e. The van der Waals surface area contributed by atoms with Crippen molar-refractivity contribution in [3.05, 3.63) is 91.9 Å². The molecule has 2 amide bonds. The van der Waals surface area contributed by atoms with E-state index in [4.69, 9.17) is 46.4 Å². The Bertz CT molecular complexity index is 1560. The predicted molar refractivity (Wildman–Crippen MR) is 171 cm³/mol. The lowest BCUT2D eigenvalue weighted by Crippen LogP contribution is -2.55. The standard InChI is InChI=1S/C30H33Cl4N3O4S/c1-6-25(29(39)35-30(3,4)5)36(17-20-12-13-21(31)16-24(20)33)27(38)18-37(26-9-7-8-23(32)28(26)34)42(40,41)22-14-10-19(2)11-15-22/h7-16,25H,6,17-18H2,1-5H3,(H,35,39). The number of hydrogen-bond acceptors (Lipinski definition) is 4. The zero-order valence-corrected chi connectivity index (χ0v) is 27.8. The Morgan fingerprint density at radius 2 is 1.57 bits per heavy atom. The maximum atomic E-state index is 14.2. The molecule has 0 saturated carbocycles. The molecule has 0 saturated heterocycles. The summed E-state index contributed by atoms with van der Waals surface area (Å²) in [4.78, 5) is 28.9. The van der Waals surface area contributed by atoms with Gasteiger partial charge in [-0.05, 0) is 76.1 Å². The van der Waals surface area contributed by atoms with Crippen molar-refractivity contribution >= 4 is 73.9 Å². The van der Waals surface area contributed by atoms with Crippen molar-refractivity contribution in [2.24, 2.45) is 0 Å². The first kappa shape index (κ1) is 34.0. The number of hydrogen-bond donors (Lipinski definition) is 1. The minimum Gasteiger partial charge on any atom is -0.350 e. The number of halogens is 4. The highest BCUT2D eigenvalue weighted by atomic mass is 35.5. The molecule has 42 heavy (non-hydrogen) atoms. The van der Waals surface area contributed by atoms with E-state index in [-0.39, 0.29) is 33.6 Å². The Hall–Kier alpha value is -2.49. The fraction of sp³-hybridized carbons (Fsp3) is 0.333. The Balaban J connectivity index is 2.14. The summed E-state index contributed by atoms with van der Waals surface area (Å²) in [5, 5.41) is 3.71. The second-order valence-corrected chi connectivity index (χ2v) is 14.3. The zero-order chi connectivity index (χ0) is 31.4.